The number of nitrogens with zero attached hydrogens (tertiary/aromatic N) is 2. The molecule has 0 amide bonds. The van der Waals surface area contributed by atoms with Gasteiger partial charge in [0.2, 0.25) is 10.0 Å². The number of hydrogen-bond acceptors (Lipinski definition) is 3. The second-order valence-corrected chi connectivity index (χ2v) is 7.25. The first-order valence-corrected chi connectivity index (χ1v) is 9.06. The molecule has 3 rings (SSSR count). The molecular weight excluding hydrogens is 391 g/mol. The number of nitrogens with two attached hydrogens (primary N) is 1. The molecule has 0 radical (unpaired) electrons. The summed E-state index contributed by atoms with van der Waals surface area (Å²) in [4.78, 5) is -0.356. The van der Waals surface area contributed by atoms with Gasteiger partial charge in [0.1, 0.15) is 4.90 Å². The topological polar surface area (TPSA) is 78.0 Å². The normalized spacial score (nSPS) is 12.3. The van der Waals surface area contributed by atoms with Crippen molar-refractivity contribution in [1.29, 1.82) is 0 Å². The lowest BCUT2D eigenvalue weighted by atomic mass is 10.1. The van der Waals surface area contributed by atoms with E-state index in [2.05, 4.69) is 5.10 Å². The Hall–Kier alpha value is -2.36. The maximum Gasteiger partial charge on any atom is 0.435 e. The van der Waals surface area contributed by atoms with Gasteiger partial charge in [0, 0.05) is 10.6 Å². The highest BCUT2D eigenvalue weighted by Crippen LogP contribution is 2.36. The van der Waals surface area contributed by atoms with Crippen LogP contribution in [0.4, 0.5) is 13.2 Å². The molecule has 0 bridgehead atoms. The van der Waals surface area contributed by atoms with Gasteiger partial charge in [-0.15, -0.1) is 0 Å². The standard InChI is InChI=1S/C16H11ClF3N3O2S/c17-11-6-2-1-5-10(11)13-9-15(16(18,19)20)22-23(13)12-7-3-4-8-14(12)26(21,24)25/h1-9H,(H2,21,24,25). The minimum absolute atomic E-state index is 0.0148. The van der Waals surface area contributed by atoms with E-state index in [0.717, 1.165) is 10.7 Å². The van der Waals surface area contributed by atoms with Crippen molar-refractivity contribution in [2.24, 2.45) is 5.14 Å². The molecule has 0 fully saturated rings. The van der Waals surface area contributed by atoms with Gasteiger partial charge >= 0.3 is 6.18 Å². The molecule has 1 heterocycles. The summed E-state index contributed by atoms with van der Waals surface area (Å²) in [5, 5.41) is 8.94. The van der Waals surface area contributed by atoms with Gasteiger partial charge in [0.25, 0.3) is 0 Å². The van der Waals surface area contributed by atoms with E-state index in [-0.39, 0.29) is 26.9 Å². The van der Waals surface area contributed by atoms with E-state index in [9.17, 15) is 21.6 Å². The van der Waals surface area contributed by atoms with Crippen LogP contribution in [0.1, 0.15) is 5.69 Å². The molecule has 0 aliphatic heterocycles. The van der Waals surface area contributed by atoms with Crippen molar-refractivity contribution in [2.45, 2.75) is 11.1 Å². The van der Waals surface area contributed by atoms with Crippen LogP contribution in [0, 0.1) is 0 Å². The monoisotopic (exact) mass is 401 g/mol. The van der Waals surface area contributed by atoms with Crippen LogP contribution in [0.5, 0.6) is 0 Å². The average Bonchev–Trinajstić information content (AvgIpc) is 2.99. The number of para-hydroxylation sites is 1. The molecule has 0 aliphatic carbocycles. The molecule has 0 spiro atoms. The summed E-state index contributed by atoms with van der Waals surface area (Å²) in [5.41, 5.74) is -1.04. The molecule has 0 saturated heterocycles. The van der Waals surface area contributed by atoms with Gasteiger partial charge in [-0.3, -0.25) is 0 Å². The largest absolute Gasteiger partial charge is 0.435 e. The van der Waals surface area contributed by atoms with Crippen LogP contribution in [0.25, 0.3) is 16.9 Å². The second-order valence-electron chi connectivity index (χ2n) is 5.32. The quantitative estimate of drug-likeness (QED) is 0.723. The van der Waals surface area contributed by atoms with Crippen LogP contribution in [0.15, 0.2) is 59.5 Å². The third-order valence-electron chi connectivity index (χ3n) is 3.55. The molecule has 0 saturated carbocycles. The maximum atomic E-state index is 13.2. The Labute approximate surface area is 151 Å². The van der Waals surface area contributed by atoms with Crippen molar-refractivity contribution in [3.63, 3.8) is 0 Å². The fraction of sp³-hybridized carbons (Fsp3) is 0.0625. The average molecular weight is 402 g/mol. The zero-order valence-corrected chi connectivity index (χ0v) is 14.5. The third-order valence-corrected chi connectivity index (χ3v) is 4.84. The van der Waals surface area contributed by atoms with Crippen LogP contribution in [-0.4, -0.2) is 18.2 Å². The van der Waals surface area contributed by atoms with Crippen molar-refractivity contribution in [3.8, 4) is 16.9 Å². The molecule has 0 unspecified atom stereocenters. The van der Waals surface area contributed by atoms with Crippen LogP contribution in [0.3, 0.4) is 0 Å². The Morgan fingerprint density at radius 1 is 1.04 bits per heavy atom. The van der Waals surface area contributed by atoms with Crippen molar-refractivity contribution >= 4 is 21.6 Å². The van der Waals surface area contributed by atoms with E-state index in [1.54, 1.807) is 12.1 Å². The number of hydrogen-bond donors (Lipinski definition) is 1. The Morgan fingerprint density at radius 3 is 2.27 bits per heavy atom. The molecule has 10 heteroatoms. The molecule has 5 nitrogen and oxygen atoms in total. The van der Waals surface area contributed by atoms with E-state index in [1.165, 1.54) is 36.4 Å². The summed E-state index contributed by atoms with van der Waals surface area (Å²) in [6.07, 6.45) is -4.72. The van der Waals surface area contributed by atoms with Gasteiger partial charge in [0.05, 0.1) is 11.4 Å². The van der Waals surface area contributed by atoms with E-state index in [4.69, 9.17) is 16.7 Å². The molecule has 2 N–H and O–H groups in total. The maximum absolute atomic E-state index is 13.2. The highest BCUT2D eigenvalue weighted by molar-refractivity contribution is 7.89. The second kappa shape index (κ2) is 6.42. The van der Waals surface area contributed by atoms with E-state index in [0.29, 0.717) is 0 Å². The summed E-state index contributed by atoms with van der Waals surface area (Å²) in [6, 6.07) is 12.4. The van der Waals surface area contributed by atoms with Crippen molar-refractivity contribution in [1.82, 2.24) is 9.78 Å². The third kappa shape index (κ3) is 3.46. The van der Waals surface area contributed by atoms with Gasteiger partial charge in [-0.25, -0.2) is 18.2 Å². The van der Waals surface area contributed by atoms with Crippen molar-refractivity contribution < 1.29 is 21.6 Å². The lowest BCUT2D eigenvalue weighted by molar-refractivity contribution is -0.141. The SMILES string of the molecule is NS(=O)(=O)c1ccccc1-n1nc(C(F)(F)F)cc1-c1ccccc1Cl. The number of benzene rings is 2. The number of halogens is 4. The van der Waals surface area contributed by atoms with Crippen molar-refractivity contribution in [3.05, 3.63) is 65.3 Å². The summed E-state index contributed by atoms with van der Waals surface area (Å²) < 4.78 is 64.1. The highest BCUT2D eigenvalue weighted by Gasteiger charge is 2.36. The van der Waals surface area contributed by atoms with Gasteiger partial charge in [-0.05, 0) is 24.3 Å². The molecule has 136 valence electrons. The summed E-state index contributed by atoms with van der Waals surface area (Å²) in [5.74, 6) is 0. The molecule has 0 atom stereocenters. The van der Waals surface area contributed by atoms with Gasteiger partial charge in [0.15, 0.2) is 5.69 Å². The smallest absolute Gasteiger partial charge is 0.231 e. The van der Waals surface area contributed by atoms with Crippen LogP contribution in [0.2, 0.25) is 5.02 Å². The van der Waals surface area contributed by atoms with Crippen LogP contribution in [-0.2, 0) is 16.2 Å². The molecular formula is C16H11ClF3N3O2S. The minimum atomic E-state index is -4.72. The highest BCUT2D eigenvalue weighted by atomic mass is 35.5. The number of primary sulfonamides is 1. The summed E-state index contributed by atoms with van der Waals surface area (Å²) in [7, 11) is -4.19. The zero-order chi connectivity index (χ0) is 19.1. The number of sulfonamides is 1. The minimum Gasteiger partial charge on any atom is -0.231 e. The molecule has 2 aromatic carbocycles. The predicted octanol–water partition coefficient (Wildman–Crippen LogP) is 3.86. The zero-order valence-electron chi connectivity index (χ0n) is 12.9. The Morgan fingerprint density at radius 2 is 1.65 bits per heavy atom. The number of alkyl halides is 3. The van der Waals surface area contributed by atoms with Crippen molar-refractivity contribution in [2.75, 3.05) is 0 Å². The van der Waals surface area contributed by atoms with Gasteiger partial charge in [-0.2, -0.15) is 18.3 Å². The van der Waals surface area contributed by atoms with E-state index in [1.807, 2.05) is 0 Å². The Balaban J connectivity index is 2.36. The number of rotatable bonds is 3. The van der Waals surface area contributed by atoms with E-state index >= 15 is 0 Å². The fourth-order valence-corrected chi connectivity index (χ4v) is 3.38. The lowest BCUT2D eigenvalue weighted by Gasteiger charge is -2.12. The molecule has 0 aliphatic rings. The predicted molar refractivity (Wildman–Crippen MR) is 90.4 cm³/mol. The Bertz CT molecular complexity index is 1080. The lowest BCUT2D eigenvalue weighted by Crippen LogP contribution is -2.16. The van der Waals surface area contributed by atoms with Crippen LogP contribution < -0.4 is 5.14 Å². The van der Waals surface area contributed by atoms with E-state index < -0.39 is 21.9 Å². The number of aromatic nitrogens is 2. The first kappa shape index (κ1) is 18.4. The first-order valence-electron chi connectivity index (χ1n) is 7.13. The first-order chi connectivity index (χ1) is 12.1. The molecule has 3 aromatic rings. The summed E-state index contributed by atoms with van der Waals surface area (Å²) in [6.45, 7) is 0. The molecule has 26 heavy (non-hydrogen) atoms. The fourth-order valence-electron chi connectivity index (χ4n) is 2.44. The van der Waals surface area contributed by atoms with Gasteiger partial charge < -0.3 is 0 Å². The van der Waals surface area contributed by atoms with Crippen LogP contribution >= 0.6 is 11.6 Å². The van der Waals surface area contributed by atoms with Gasteiger partial charge in [-0.1, -0.05) is 41.9 Å². The Kier molecular flexibility index (Phi) is 4.55. The molecule has 1 aromatic heterocycles. The summed E-state index contributed by atoms with van der Waals surface area (Å²) >= 11 is 6.11.